The molecule has 7 heteroatoms. The van der Waals surface area contributed by atoms with E-state index in [1.54, 1.807) is 36.4 Å². The van der Waals surface area contributed by atoms with Gasteiger partial charge in [0.05, 0.1) is 10.6 Å². The smallest absolute Gasteiger partial charge is 0.269 e. The number of anilines is 1. The maximum Gasteiger partial charge on any atom is 0.269 e. The predicted molar refractivity (Wildman–Crippen MR) is 111 cm³/mol. The van der Waals surface area contributed by atoms with Crippen molar-refractivity contribution in [3.05, 3.63) is 101 Å². The molecular formula is C22H16N4O3. The molecule has 0 spiro atoms. The Morgan fingerprint density at radius 3 is 2.10 bits per heavy atom. The van der Waals surface area contributed by atoms with Crippen molar-refractivity contribution >= 4 is 17.4 Å². The van der Waals surface area contributed by atoms with Crippen LogP contribution in [0.3, 0.4) is 0 Å². The lowest BCUT2D eigenvalue weighted by molar-refractivity contribution is -0.384. The van der Waals surface area contributed by atoms with Crippen LogP contribution in [-0.2, 0) is 0 Å². The number of nitrogens with zero attached hydrogens (tertiary/aromatic N) is 2. The molecule has 0 unspecified atom stereocenters. The van der Waals surface area contributed by atoms with Gasteiger partial charge >= 0.3 is 0 Å². The van der Waals surface area contributed by atoms with Gasteiger partial charge in [-0.3, -0.25) is 14.9 Å². The molecule has 1 aromatic heterocycles. The second-order valence-corrected chi connectivity index (χ2v) is 6.30. The molecule has 0 aliphatic heterocycles. The van der Waals surface area contributed by atoms with Gasteiger partial charge in [-0.15, -0.1) is 0 Å². The van der Waals surface area contributed by atoms with Crippen molar-refractivity contribution in [3.8, 4) is 22.6 Å². The van der Waals surface area contributed by atoms with E-state index in [1.165, 1.54) is 12.1 Å². The molecule has 0 bridgehead atoms. The van der Waals surface area contributed by atoms with Crippen molar-refractivity contribution in [3.63, 3.8) is 0 Å². The molecule has 7 nitrogen and oxygen atoms in total. The number of benzene rings is 3. The van der Waals surface area contributed by atoms with Crippen LogP contribution in [0.15, 0.2) is 84.9 Å². The molecule has 142 valence electrons. The number of imidazole rings is 1. The summed E-state index contributed by atoms with van der Waals surface area (Å²) in [6, 6.07) is 24.5. The largest absolute Gasteiger partial charge is 0.336 e. The lowest BCUT2D eigenvalue weighted by atomic mass is 10.1. The van der Waals surface area contributed by atoms with Crippen LogP contribution < -0.4 is 5.32 Å². The highest BCUT2D eigenvalue weighted by molar-refractivity contribution is 6.05. The topological polar surface area (TPSA) is 101 Å². The molecule has 3 aromatic carbocycles. The predicted octanol–water partition coefficient (Wildman–Crippen LogP) is 4.90. The number of hydrogen-bond acceptors (Lipinski definition) is 4. The van der Waals surface area contributed by atoms with Crippen LogP contribution in [0, 0.1) is 10.1 Å². The van der Waals surface area contributed by atoms with Crippen LogP contribution in [0.5, 0.6) is 0 Å². The van der Waals surface area contributed by atoms with Gasteiger partial charge in [-0.25, -0.2) is 4.98 Å². The van der Waals surface area contributed by atoms with E-state index in [9.17, 15) is 14.9 Å². The van der Waals surface area contributed by atoms with Gasteiger partial charge in [0, 0.05) is 28.8 Å². The molecule has 1 amide bonds. The van der Waals surface area contributed by atoms with E-state index < -0.39 is 4.92 Å². The molecular weight excluding hydrogens is 368 g/mol. The first-order valence-electron chi connectivity index (χ1n) is 8.88. The number of carbonyl (C=O) groups is 1. The van der Waals surface area contributed by atoms with Gasteiger partial charge in [0.1, 0.15) is 5.82 Å². The number of H-pyrrole nitrogens is 1. The number of non-ortho nitro benzene ring substituents is 1. The Morgan fingerprint density at radius 2 is 1.48 bits per heavy atom. The summed E-state index contributed by atoms with van der Waals surface area (Å²) >= 11 is 0. The molecule has 0 aliphatic carbocycles. The molecule has 1 heterocycles. The number of carbonyl (C=O) groups excluding carboxylic acids is 1. The summed E-state index contributed by atoms with van der Waals surface area (Å²) in [5.41, 5.74) is 2.71. The summed E-state index contributed by atoms with van der Waals surface area (Å²) in [4.78, 5) is 30.8. The van der Waals surface area contributed by atoms with E-state index in [1.807, 2.05) is 36.4 Å². The van der Waals surface area contributed by atoms with Crippen LogP contribution in [0.25, 0.3) is 22.6 Å². The van der Waals surface area contributed by atoms with Gasteiger partial charge in [0.25, 0.3) is 11.6 Å². The number of aromatic amines is 1. The fourth-order valence-electron chi connectivity index (χ4n) is 2.92. The van der Waals surface area contributed by atoms with Crippen LogP contribution in [-0.4, -0.2) is 20.8 Å². The average molecular weight is 384 g/mol. The molecule has 2 N–H and O–H groups in total. The second-order valence-electron chi connectivity index (χ2n) is 6.30. The monoisotopic (exact) mass is 384 g/mol. The van der Waals surface area contributed by atoms with Gasteiger partial charge in [-0.2, -0.15) is 0 Å². The summed E-state index contributed by atoms with van der Waals surface area (Å²) in [6.45, 7) is 0. The van der Waals surface area contributed by atoms with Crippen molar-refractivity contribution in [2.75, 3.05) is 5.32 Å². The Kier molecular flexibility index (Phi) is 4.86. The minimum absolute atomic E-state index is 0.00110. The van der Waals surface area contributed by atoms with Crippen molar-refractivity contribution in [2.24, 2.45) is 0 Å². The number of hydrogen-bond donors (Lipinski definition) is 2. The maximum absolute atomic E-state index is 12.6. The van der Waals surface area contributed by atoms with E-state index >= 15 is 0 Å². The number of aromatic nitrogens is 2. The van der Waals surface area contributed by atoms with Crippen LogP contribution in [0.2, 0.25) is 0 Å². The zero-order chi connectivity index (χ0) is 20.2. The number of nitro groups is 1. The third-order valence-electron chi connectivity index (χ3n) is 4.39. The summed E-state index contributed by atoms with van der Waals surface area (Å²) < 4.78 is 0. The fourth-order valence-corrected chi connectivity index (χ4v) is 2.92. The minimum Gasteiger partial charge on any atom is -0.336 e. The Labute approximate surface area is 166 Å². The molecule has 0 fully saturated rings. The molecule has 0 saturated heterocycles. The van der Waals surface area contributed by atoms with Gasteiger partial charge in [0.15, 0.2) is 5.82 Å². The minimum atomic E-state index is -0.452. The standard InChI is InChI=1S/C22H16N4O3/c27-22(17-9-5-2-6-10-17)25-21-19(15-7-3-1-4-8-15)23-20(24-21)16-11-13-18(14-12-16)26(28)29/h1-14H,(H,23,24)(H,25,27). The highest BCUT2D eigenvalue weighted by Crippen LogP contribution is 2.30. The molecule has 4 rings (SSSR count). The van der Waals surface area contributed by atoms with E-state index in [0.717, 1.165) is 5.56 Å². The Balaban J connectivity index is 1.73. The van der Waals surface area contributed by atoms with Crippen LogP contribution >= 0.6 is 0 Å². The van der Waals surface area contributed by atoms with Gasteiger partial charge in [0.2, 0.25) is 0 Å². The lowest BCUT2D eigenvalue weighted by Gasteiger charge is -2.05. The molecule has 4 aromatic rings. The van der Waals surface area contributed by atoms with Crippen molar-refractivity contribution < 1.29 is 9.72 Å². The van der Waals surface area contributed by atoms with E-state index in [0.29, 0.717) is 28.5 Å². The SMILES string of the molecule is O=C(Nc1nc(-c2ccc([N+](=O)[O-])cc2)[nH]c1-c1ccccc1)c1ccccc1. The first-order chi connectivity index (χ1) is 14.1. The Morgan fingerprint density at radius 1 is 0.862 bits per heavy atom. The summed E-state index contributed by atoms with van der Waals surface area (Å²) in [7, 11) is 0. The second kappa shape index (κ2) is 7.77. The van der Waals surface area contributed by atoms with Crippen LogP contribution in [0.4, 0.5) is 11.5 Å². The highest BCUT2D eigenvalue weighted by Gasteiger charge is 2.17. The number of nitrogens with one attached hydrogen (secondary N) is 2. The molecule has 0 saturated carbocycles. The normalized spacial score (nSPS) is 10.5. The molecule has 0 radical (unpaired) electrons. The zero-order valence-corrected chi connectivity index (χ0v) is 15.2. The third-order valence-corrected chi connectivity index (χ3v) is 4.39. The first kappa shape index (κ1) is 18.1. The van der Waals surface area contributed by atoms with Gasteiger partial charge < -0.3 is 10.3 Å². The van der Waals surface area contributed by atoms with Crippen molar-refractivity contribution in [2.45, 2.75) is 0 Å². The third kappa shape index (κ3) is 3.89. The van der Waals surface area contributed by atoms with Gasteiger partial charge in [-0.1, -0.05) is 48.5 Å². The molecule has 0 aliphatic rings. The maximum atomic E-state index is 12.6. The Bertz CT molecular complexity index is 1150. The summed E-state index contributed by atoms with van der Waals surface area (Å²) in [6.07, 6.45) is 0. The quantitative estimate of drug-likeness (QED) is 0.377. The Hall–Kier alpha value is -4.26. The zero-order valence-electron chi connectivity index (χ0n) is 15.2. The summed E-state index contributed by atoms with van der Waals surface area (Å²) in [5.74, 6) is 0.616. The van der Waals surface area contributed by atoms with Gasteiger partial charge in [-0.05, 0) is 24.3 Å². The first-order valence-corrected chi connectivity index (χ1v) is 8.88. The summed E-state index contributed by atoms with van der Waals surface area (Å²) in [5, 5.41) is 13.7. The molecule has 0 atom stereocenters. The lowest BCUT2D eigenvalue weighted by Crippen LogP contribution is -2.12. The average Bonchev–Trinajstić information content (AvgIpc) is 3.19. The number of rotatable bonds is 5. The van der Waals surface area contributed by atoms with E-state index in [2.05, 4.69) is 15.3 Å². The number of nitro benzene ring substituents is 1. The van der Waals surface area contributed by atoms with E-state index in [4.69, 9.17) is 0 Å². The fraction of sp³-hybridized carbons (Fsp3) is 0. The van der Waals surface area contributed by atoms with Crippen molar-refractivity contribution in [1.29, 1.82) is 0 Å². The van der Waals surface area contributed by atoms with Crippen LogP contribution in [0.1, 0.15) is 10.4 Å². The van der Waals surface area contributed by atoms with E-state index in [-0.39, 0.29) is 11.6 Å². The van der Waals surface area contributed by atoms with Crippen molar-refractivity contribution in [1.82, 2.24) is 9.97 Å². The molecule has 29 heavy (non-hydrogen) atoms. The number of amides is 1. The highest BCUT2D eigenvalue weighted by atomic mass is 16.6.